The van der Waals surface area contributed by atoms with Crippen LogP contribution in [0, 0.1) is 11.3 Å². The molecule has 116 valence electrons. The highest BCUT2D eigenvalue weighted by atomic mass is 35.5. The molecule has 1 aromatic heterocycles. The fraction of sp³-hybridized carbons (Fsp3) is 0.133. The molecule has 1 aliphatic rings. The SMILES string of the molecule is COC(=O)c1[nH]nc2c1C(c1ccc(Cl)cc1)C(C#N)=C(N)O2. The van der Waals surface area contributed by atoms with Gasteiger partial charge in [0, 0.05) is 5.02 Å². The van der Waals surface area contributed by atoms with Gasteiger partial charge in [-0.1, -0.05) is 23.7 Å². The van der Waals surface area contributed by atoms with Crippen molar-refractivity contribution in [3.8, 4) is 11.9 Å². The summed E-state index contributed by atoms with van der Waals surface area (Å²) in [5, 5.41) is 16.5. The molecule has 0 bridgehead atoms. The van der Waals surface area contributed by atoms with Crippen molar-refractivity contribution in [3.63, 3.8) is 0 Å². The Labute approximate surface area is 136 Å². The van der Waals surface area contributed by atoms with E-state index >= 15 is 0 Å². The smallest absolute Gasteiger partial charge is 0.356 e. The summed E-state index contributed by atoms with van der Waals surface area (Å²) in [5.41, 5.74) is 7.25. The zero-order chi connectivity index (χ0) is 16.6. The number of methoxy groups -OCH3 is 1. The van der Waals surface area contributed by atoms with Gasteiger partial charge in [-0.2, -0.15) is 5.26 Å². The molecular weight excluding hydrogens is 320 g/mol. The molecule has 0 saturated heterocycles. The van der Waals surface area contributed by atoms with E-state index in [9.17, 15) is 10.1 Å². The van der Waals surface area contributed by atoms with Crippen LogP contribution in [0.3, 0.4) is 0 Å². The van der Waals surface area contributed by atoms with Crippen molar-refractivity contribution >= 4 is 17.6 Å². The molecule has 1 aliphatic heterocycles. The Morgan fingerprint density at radius 1 is 1.48 bits per heavy atom. The van der Waals surface area contributed by atoms with Crippen LogP contribution in [-0.2, 0) is 4.74 Å². The number of carbonyl (C=O) groups is 1. The van der Waals surface area contributed by atoms with Gasteiger partial charge in [-0.25, -0.2) is 4.79 Å². The first-order valence-electron chi connectivity index (χ1n) is 6.56. The van der Waals surface area contributed by atoms with Crippen molar-refractivity contribution in [3.05, 3.63) is 57.6 Å². The maximum absolute atomic E-state index is 12.0. The van der Waals surface area contributed by atoms with Gasteiger partial charge in [0.2, 0.25) is 11.8 Å². The number of aromatic amines is 1. The molecule has 0 fully saturated rings. The average Bonchev–Trinajstić information content (AvgIpc) is 2.97. The van der Waals surface area contributed by atoms with Gasteiger partial charge in [-0.3, -0.25) is 5.10 Å². The largest absolute Gasteiger partial charge is 0.464 e. The van der Waals surface area contributed by atoms with E-state index in [1.165, 1.54) is 7.11 Å². The number of nitriles is 1. The minimum absolute atomic E-state index is 0.0529. The number of ether oxygens (including phenoxy) is 2. The highest BCUT2D eigenvalue weighted by Crippen LogP contribution is 2.43. The van der Waals surface area contributed by atoms with Crippen molar-refractivity contribution in [1.29, 1.82) is 5.26 Å². The number of aromatic nitrogens is 2. The van der Waals surface area contributed by atoms with Crippen molar-refractivity contribution in [2.24, 2.45) is 5.73 Å². The number of hydrogen-bond donors (Lipinski definition) is 2. The second-order valence-corrected chi connectivity index (χ2v) is 5.22. The first-order valence-corrected chi connectivity index (χ1v) is 6.94. The topological polar surface area (TPSA) is 114 Å². The monoisotopic (exact) mass is 330 g/mol. The summed E-state index contributed by atoms with van der Waals surface area (Å²) in [6.07, 6.45) is 0. The number of nitrogens with two attached hydrogens (primary N) is 1. The number of rotatable bonds is 2. The van der Waals surface area contributed by atoms with Crippen molar-refractivity contribution in [2.75, 3.05) is 7.11 Å². The summed E-state index contributed by atoms with van der Waals surface area (Å²) < 4.78 is 10.1. The third-order valence-electron chi connectivity index (χ3n) is 3.53. The molecular formula is C15H11ClN4O3. The molecule has 0 radical (unpaired) electrons. The van der Waals surface area contributed by atoms with Crippen LogP contribution in [0.4, 0.5) is 0 Å². The molecule has 3 N–H and O–H groups in total. The van der Waals surface area contributed by atoms with E-state index in [1.807, 2.05) is 6.07 Å². The number of esters is 1. The van der Waals surface area contributed by atoms with Crippen LogP contribution in [-0.4, -0.2) is 23.3 Å². The van der Waals surface area contributed by atoms with Crippen LogP contribution in [0.2, 0.25) is 5.02 Å². The molecule has 7 nitrogen and oxygen atoms in total. The van der Waals surface area contributed by atoms with Crippen molar-refractivity contribution in [1.82, 2.24) is 10.2 Å². The second-order valence-electron chi connectivity index (χ2n) is 4.79. The van der Waals surface area contributed by atoms with E-state index < -0.39 is 11.9 Å². The van der Waals surface area contributed by atoms with E-state index in [0.29, 0.717) is 10.6 Å². The molecule has 1 atom stereocenters. The molecule has 2 heterocycles. The minimum Gasteiger partial charge on any atom is -0.464 e. The van der Waals surface area contributed by atoms with E-state index in [0.717, 1.165) is 5.56 Å². The van der Waals surface area contributed by atoms with E-state index in [1.54, 1.807) is 24.3 Å². The highest BCUT2D eigenvalue weighted by molar-refractivity contribution is 6.30. The molecule has 8 heteroatoms. The lowest BCUT2D eigenvalue weighted by Crippen LogP contribution is -2.22. The maximum atomic E-state index is 12.0. The zero-order valence-corrected chi connectivity index (χ0v) is 12.7. The highest BCUT2D eigenvalue weighted by Gasteiger charge is 2.37. The van der Waals surface area contributed by atoms with Gasteiger partial charge in [-0.05, 0) is 17.7 Å². The molecule has 3 rings (SSSR count). The summed E-state index contributed by atoms with van der Waals surface area (Å²) in [6, 6.07) is 8.92. The molecule has 0 saturated carbocycles. The lowest BCUT2D eigenvalue weighted by molar-refractivity contribution is 0.0592. The Balaban J connectivity index is 2.23. The van der Waals surface area contributed by atoms with Gasteiger partial charge in [0.1, 0.15) is 11.6 Å². The van der Waals surface area contributed by atoms with Crippen LogP contribution in [0.25, 0.3) is 0 Å². The van der Waals surface area contributed by atoms with E-state index in [2.05, 4.69) is 10.2 Å². The van der Waals surface area contributed by atoms with Gasteiger partial charge in [0.15, 0.2) is 5.69 Å². The lowest BCUT2D eigenvalue weighted by Gasteiger charge is -2.23. The minimum atomic E-state index is -0.612. The molecule has 0 spiro atoms. The second kappa shape index (κ2) is 5.66. The molecule has 0 amide bonds. The van der Waals surface area contributed by atoms with Gasteiger partial charge >= 0.3 is 5.97 Å². The number of H-pyrrole nitrogens is 1. The van der Waals surface area contributed by atoms with Crippen molar-refractivity contribution < 1.29 is 14.3 Å². The lowest BCUT2D eigenvalue weighted by atomic mass is 9.84. The average molecular weight is 331 g/mol. The zero-order valence-electron chi connectivity index (χ0n) is 12.0. The molecule has 2 aromatic rings. The first kappa shape index (κ1) is 14.9. The Kier molecular flexibility index (Phi) is 3.68. The van der Waals surface area contributed by atoms with Crippen molar-refractivity contribution in [2.45, 2.75) is 5.92 Å². The fourth-order valence-corrected chi connectivity index (χ4v) is 2.62. The van der Waals surface area contributed by atoms with E-state index in [-0.39, 0.29) is 23.0 Å². The number of benzene rings is 1. The maximum Gasteiger partial charge on any atom is 0.356 e. The quantitative estimate of drug-likeness (QED) is 0.815. The Hall–Kier alpha value is -2.98. The number of nitrogens with zero attached hydrogens (tertiary/aromatic N) is 2. The Morgan fingerprint density at radius 3 is 2.78 bits per heavy atom. The fourth-order valence-electron chi connectivity index (χ4n) is 2.49. The van der Waals surface area contributed by atoms with Gasteiger partial charge < -0.3 is 15.2 Å². The molecule has 23 heavy (non-hydrogen) atoms. The number of allylic oxidation sites excluding steroid dienone is 1. The summed E-state index contributed by atoms with van der Waals surface area (Å²) in [5.74, 6) is -1.13. The summed E-state index contributed by atoms with van der Waals surface area (Å²) in [7, 11) is 1.26. The predicted molar refractivity (Wildman–Crippen MR) is 80.7 cm³/mol. The summed E-state index contributed by atoms with van der Waals surface area (Å²) >= 11 is 5.91. The Bertz CT molecular complexity index is 849. The molecule has 0 aliphatic carbocycles. The molecule has 1 unspecified atom stereocenters. The number of halogens is 1. The number of fused-ring (bicyclic) bond motifs is 1. The third kappa shape index (κ3) is 2.39. The predicted octanol–water partition coefficient (Wildman–Crippen LogP) is 2.07. The van der Waals surface area contributed by atoms with Crippen LogP contribution < -0.4 is 10.5 Å². The number of hydrogen-bond acceptors (Lipinski definition) is 6. The number of nitrogens with one attached hydrogen (secondary N) is 1. The molecule has 1 aromatic carbocycles. The standard InChI is InChI=1S/C15H11ClN4O3/c1-22-15(21)12-11-10(7-2-4-8(16)5-3-7)9(6-17)13(18)23-14(11)20-19-12/h2-5,10H,18H2,1H3,(H,19,20). The third-order valence-corrected chi connectivity index (χ3v) is 3.78. The van der Waals surface area contributed by atoms with Crippen LogP contribution in [0.1, 0.15) is 27.5 Å². The number of carbonyl (C=O) groups excluding carboxylic acids is 1. The van der Waals surface area contributed by atoms with E-state index in [4.69, 9.17) is 26.8 Å². The van der Waals surface area contributed by atoms with Crippen LogP contribution >= 0.6 is 11.6 Å². The summed E-state index contributed by atoms with van der Waals surface area (Å²) in [4.78, 5) is 12.0. The van der Waals surface area contributed by atoms with Crippen LogP contribution in [0.15, 0.2) is 35.7 Å². The van der Waals surface area contributed by atoms with Crippen LogP contribution in [0.5, 0.6) is 5.88 Å². The first-order chi connectivity index (χ1) is 11.1. The van der Waals surface area contributed by atoms with Gasteiger partial charge in [0.05, 0.1) is 18.6 Å². The van der Waals surface area contributed by atoms with Gasteiger partial charge in [-0.15, -0.1) is 5.10 Å². The summed E-state index contributed by atoms with van der Waals surface area (Å²) in [6.45, 7) is 0. The normalized spacial score (nSPS) is 16.3. The Morgan fingerprint density at radius 2 is 2.17 bits per heavy atom. The van der Waals surface area contributed by atoms with Gasteiger partial charge in [0.25, 0.3) is 0 Å².